The highest BCUT2D eigenvalue weighted by atomic mass is 16.2. The SMILES string of the molecule is O=C1c2ccncc2C(=O)N1Cc1cnc[nH]1. The van der Waals surface area contributed by atoms with Crippen molar-refractivity contribution >= 4 is 11.8 Å². The molecule has 1 aliphatic heterocycles. The summed E-state index contributed by atoms with van der Waals surface area (Å²) in [4.78, 5) is 35.7. The lowest BCUT2D eigenvalue weighted by atomic mass is 10.2. The van der Waals surface area contributed by atoms with E-state index in [9.17, 15) is 9.59 Å². The van der Waals surface area contributed by atoms with Gasteiger partial charge >= 0.3 is 0 Å². The first-order valence-corrected chi connectivity index (χ1v) is 5.05. The van der Waals surface area contributed by atoms with Crippen molar-refractivity contribution in [2.24, 2.45) is 0 Å². The van der Waals surface area contributed by atoms with Crippen molar-refractivity contribution in [2.75, 3.05) is 0 Å². The molecule has 2 aromatic rings. The fourth-order valence-electron chi connectivity index (χ4n) is 1.82. The van der Waals surface area contributed by atoms with E-state index in [1.54, 1.807) is 12.3 Å². The summed E-state index contributed by atoms with van der Waals surface area (Å²) in [7, 11) is 0. The van der Waals surface area contributed by atoms with E-state index in [0.29, 0.717) is 16.8 Å². The molecule has 0 saturated carbocycles. The maximum absolute atomic E-state index is 12.0. The number of pyridine rings is 1. The Kier molecular flexibility index (Phi) is 2.01. The summed E-state index contributed by atoms with van der Waals surface area (Å²) in [5.74, 6) is -0.602. The lowest BCUT2D eigenvalue weighted by Gasteiger charge is -2.11. The molecule has 2 aromatic heterocycles. The summed E-state index contributed by atoms with van der Waals surface area (Å²) in [6.07, 6.45) is 6.02. The number of nitrogens with one attached hydrogen (secondary N) is 1. The number of rotatable bonds is 2. The lowest BCUT2D eigenvalue weighted by molar-refractivity contribution is 0.0640. The number of fused-ring (bicyclic) bond motifs is 1. The van der Waals surface area contributed by atoms with Crippen molar-refractivity contribution in [2.45, 2.75) is 6.54 Å². The Morgan fingerprint density at radius 1 is 1.12 bits per heavy atom. The molecule has 0 unspecified atom stereocenters. The molecular formula is C11H8N4O2. The van der Waals surface area contributed by atoms with E-state index >= 15 is 0 Å². The number of imidazole rings is 1. The zero-order chi connectivity index (χ0) is 11.8. The maximum Gasteiger partial charge on any atom is 0.263 e. The van der Waals surface area contributed by atoms with Crippen LogP contribution in [-0.4, -0.2) is 31.7 Å². The maximum atomic E-state index is 12.0. The van der Waals surface area contributed by atoms with E-state index in [4.69, 9.17) is 0 Å². The second-order valence-electron chi connectivity index (χ2n) is 3.69. The number of hydrogen-bond acceptors (Lipinski definition) is 4. The van der Waals surface area contributed by atoms with Crippen molar-refractivity contribution in [3.05, 3.63) is 47.8 Å². The third-order valence-electron chi connectivity index (χ3n) is 2.66. The zero-order valence-electron chi connectivity index (χ0n) is 8.75. The molecule has 84 valence electrons. The van der Waals surface area contributed by atoms with Crippen molar-refractivity contribution in [3.63, 3.8) is 0 Å². The van der Waals surface area contributed by atoms with Crippen LogP contribution < -0.4 is 0 Å². The highest BCUT2D eigenvalue weighted by Crippen LogP contribution is 2.22. The molecule has 3 rings (SSSR count). The number of carbonyl (C=O) groups is 2. The average molecular weight is 228 g/mol. The largest absolute Gasteiger partial charge is 0.347 e. The first kappa shape index (κ1) is 9.71. The van der Waals surface area contributed by atoms with Gasteiger partial charge in [0.15, 0.2) is 0 Å². The number of amides is 2. The second-order valence-corrected chi connectivity index (χ2v) is 3.69. The fraction of sp³-hybridized carbons (Fsp3) is 0.0909. The molecule has 0 spiro atoms. The Bertz CT molecular complexity index is 556. The number of carbonyl (C=O) groups excluding carboxylic acids is 2. The number of aromatic amines is 1. The van der Waals surface area contributed by atoms with Gasteiger partial charge in [-0.2, -0.15) is 0 Å². The molecule has 2 amide bonds. The topological polar surface area (TPSA) is 79.0 Å². The predicted molar refractivity (Wildman–Crippen MR) is 57.0 cm³/mol. The molecule has 0 radical (unpaired) electrons. The third kappa shape index (κ3) is 1.42. The molecule has 6 heteroatoms. The van der Waals surface area contributed by atoms with Gasteiger partial charge in [0.25, 0.3) is 11.8 Å². The Balaban J connectivity index is 1.95. The van der Waals surface area contributed by atoms with Gasteiger partial charge in [-0.1, -0.05) is 0 Å². The minimum atomic E-state index is -0.312. The minimum Gasteiger partial charge on any atom is -0.347 e. The standard InChI is InChI=1S/C11H8N4O2/c16-10-8-1-2-12-4-9(8)11(17)15(10)5-7-3-13-6-14-7/h1-4,6H,5H2,(H,13,14). The molecule has 0 aromatic carbocycles. The Hall–Kier alpha value is -2.50. The van der Waals surface area contributed by atoms with Gasteiger partial charge in [-0.05, 0) is 6.07 Å². The van der Waals surface area contributed by atoms with Gasteiger partial charge in [0, 0.05) is 18.6 Å². The molecule has 3 heterocycles. The molecule has 0 saturated heterocycles. The van der Waals surface area contributed by atoms with Crippen molar-refractivity contribution in [1.29, 1.82) is 0 Å². The predicted octanol–water partition coefficient (Wildman–Crippen LogP) is 0.601. The molecule has 0 fully saturated rings. The quantitative estimate of drug-likeness (QED) is 0.763. The first-order valence-electron chi connectivity index (χ1n) is 5.05. The molecule has 17 heavy (non-hydrogen) atoms. The van der Waals surface area contributed by atoms with Crippen LogP contribution in [0.25, 0.3) is 0 Å². The molecule has 6 nitrogen and oxygen atoms in total. The van der Waals surface area contributed by atoms with E-state index < -0.39 is 0 Å². The molecule has 0 aliphatic carbocycles. The van der Waals surface area contributed by atoms with Gasteiger partial charge in [0.05, 0.1) is 29.7 Å². The van der Waals surface area contributed by atoms with Gasteiger partial charge in [-0.15, -0.1) is 0 Å². The van der Waals surface area contributed by atoms with Gasteiger partial charge in [-0.25, -0.2) is 4.98 Å². The van der Waals surface area contributed by atoms with Crippen LogP contribution in [0.4, 0.5) is 0 Å². The van der Waals surface area contributed by atoms with E-state index in [-0.39, 0.29) is 18.4 Å². The number of H-pyrrole nitrogens is 1. The summed E-state index contributed by atoms with van der Waals surface area (Å²) in [6.45, 7) is 0.201. The fourth-order valence-corrected chi connectivity index (χ4v) is 1.82. The molecule has 0 bridgehead atoms. The zero-order valence-corrected chi connectivity index (χ0v) is 8.75. The van der Waals surface area contributed by atoms with Crippen LogP contribution in [0.2, 0.25) is 0 Å². The molecule has 1 aliphatic rings. The van der Waals surface area contributed by atoms with E-state index in [1.165, 1.54) is 23.6 Å². The average Bonchev–Trinajstić information content (AvgIpc) is 2.94. The lowest BCUT2D eigenvalue weighted by Crippen LogP contribution is -2.29. The molecule has 0 atom stereocenters. The normalized spacial score (nSPS) is 14.2. The van der Waals surface area contributed by atoms with Crippen LogP contribution in [-0.2, 0) is 6.54 Å². The van der Waals surface area contributed by atoms with Crippen LogP contribution in [0, 0.1) is 0 Å². The summed E-state index contributed by atoms with van der Waals surface area (Å²) >= 11 is 0. The van der Waals surface area contributed by atoms with E-state index in [0.717, 1.165) is 0 Å². The van der Waals surface area contributed by atoms with Gasteiger partial charge in [0.2, 0.25) is 0 Å². The third-order valence-corrected chi connectivity index (χ3v) is 2.66. The highest BCUT2D eigenvalue weighted by molar-refractivity contribution is 6.21. The Labute approximate surface area is 96.3 Å². The number of nitrogens with zero attached hydrogens (tertiary/aromatic N) is 3. The van der Waals surface area contributed by atoms with Crippen LogP contribution in [0.5, 0.6) is 0 Å². The summed E-state index contributed by atoms with van der Waals surface area (Å²) < 4.78 is 0. The monoisotopic (exact) mass is 228 g/mol. The summed E-state index contributed by atoms with van der Waals surface area (Å²) in [6, 6.07) is 1.56. The minimum absolute atomic E-state index is 0.201. The Morgan fingerprint density at radius 2 is 1.94 bits per heavy atom. The van der Waals surface area contributed by atoms with Gasteiger partial charge in [-0.3, -0.25) is 19.5 Å². The highest BCUT2D eigenvalue weighted by Gasteiger charge is 2.35. The first-order chi connectivity index (χ1) is 8.27. The van der Waals surface area contributed by atoms with E-state index in [1.807, 2.05) is 0 Å². The van der Waals surface area contributed by atoms with E-state index in [2.05, 4.69) is 15.0 Å². The van der Waals surface area contributed by atoms with Crippen molar-refractivity contribution in [1.82, 2.24) is 19.9 Å². The van der Waals surface area contributed by atoms with Crippen LogP contribution in [0.3, 0.4) is 0 Å². The van der Waals surface area contributed by atoms with Crippen LogP contribution in [0.15, 0.2) is 31.0 Å². The van der Waals surface area contributed by atoms with Gasteiger partial charge < -0.3 is 4.98 Å². The van der Waals surface area contributed by atoms with Crippen LogP contribution in [0.1, 0.15) is 26.4 Å². The number of aromatic nitrogens is 3. The Morgan fingerprint density at radius 3 is 2.65 bits per heavy atom. The van der Waals surface area contributed by atoms with Crippen molar-refractivity contribution in [3.8, 4) is 0 Å². The molecular weight excluding hydrogens is 220 g/mol. The van der Waals surface area contributed by atoms with Crippen molar-refractivity contribution < 1.29 is 9.59 Å². The number of hydrogen-bond donors (Lipinski definition) is 1. The van der Waals surface area contributed by atoms with Gasteiger partial charge in [0.1, 0.15) is 0 Å². The second kappa shape index (κ2) is 3.51. The summed E-state index contributed by atoms with van der Waals surface area (Å²) in [5, 5.41) is 0. The number of imide groups is 1. The molecule has 1 N–H and O–H groups in total. The summed E-state index contributed by atoms with van der Waals surface area (Å²) in [5.41, 5.74) is 1.48. The smallest absolute Gasteiger partial charge is 0.263 e. The van der Waals surface area contributed by atoms with Crippen LogP contribution >= 0.6 is 0 Å².